The van der Waals surface area contributed by atoms with Crippen LogP contribution in [0, 0.1) is 0 Å². The van der Waals surface area contributed by atoms with E-state index in [1.54, 1.807) is 7.11 Å². The number of anilines is 1. The molecular weight excluding hydrogens is 376 g/mol. The molecule has 6 nitrogen and oxygen atoms in total. The number of benzene rings is 2. The molecule has 152 valence electrons. The number of fused-ring (bicyclic) bond motifs is 1. The molecule has 2 aromatic heterocycles. The lowest BCUT2D eigenvalue weighted by Crippen LogP contribution is -2.36. The van der Waals surface area contributed by atoms with Gasteiger partial charge in [0.15, 0.2) is 11.5 Å². The van der Waals surface area contributed by atoms with Crippen molar-refractivity contribution in [2.24, 2.45) is 0 Å². The molecule has 0 amide bonds. The number of nitrogens with zero attached hydrogens (tertiary/aromatic N) is 4. The zero-order chi connectivity index (χ0) is 20.3. The smallest absolute Gasteiger partial charge is 0.156 e. The number of pyridine rings is 1. The van der Waals surface area contributed by atoms with Crippen molar-refractivity contribution < 1.29 is 9.47 Å². The molecule has 1 aliphatic rings. The number of morpholine rings is 1. The maximum atomic E-state index is 5.44. The summed E-state index contributed by atoms with van der Waals surface area (Å²) in [5, 5.41) is 4.79. The number of hydrogen-bond acceptors (Lipinski definition) is 5. The van der Waals surface area contributed by atoms with Crippen LogP contribution in [0.1, 0.15) is 11.4 Å². The molecule has 6 heteroatoms. The second-order valence-electron chi connectivity index (χ2n) is 7.38. The Morgan fingerprint density at radius 1 is 0.933 bits per heavy atom. The molecule has 0 unspecified atom stereocenters. The van der Waals surface area contributed by atoms with Crippen LogP contribution in [-0.2, 0) is 11.2 Å². The van der Waals surface area contributed by atoms with Crippen molar-refractivity contribution in [2.75, 3.05) is 38.3 Å². The van der Waals surface area contributed by atoms with Crippen molar-refractivity contribution in [1.29, 1.82) is 0 Å². The molecule has 0 atom stereocenters. The lowest BCUT2D eigenvalue weighted by Gasteiger charge is -2.28. The molecule has 1 fully saturated rings. The molecule has 2 aromatic carbocycles. The number of methoxy groups -OCH3 is 1. The summed E-state index contributed by atoms with van der Waals surface area (Å²) in [5.74, 6) is 1.65. The molecule has 0 bridgehead atoms. The van der Waals surface area contributed by atoms with E-state index in [9.17, 15) is 0 Å². The Labute approximate surface area is 175 Å². The highest BCUT2D eigenvalue weighted by molar-refractivity contribution is 5.63. The van der Waals surface area contributed by atoms with Gasteiger partial charge in [0.1, 0.15) is 5.75 Å². The first-order valence-corrected chi connectivity index (χ1v) is 10.2. The van der Waals surface area contributed by atoms with Crippen LogP contribution in [0.4, 0.5) is 5.69 Å². The van der Waals surface area contributed by atoms with Crippen LogP contribution in [0.25, 0.3) is 16.9 Å². The van der Waals surface area contributed by atoms with Gasteiger partial charge in [-0.05, 0) is 54.1 Å². The predicted octanol–water partition coefficient (Wildman–Crippen LogP) is 3.83. The fourth-order valence-electron chi connectivity index (χ4n) is 3.83. The number of aromatic nitrogens is 3. The Balaban J connectivity index is 1.38. The first-order valence-electron chi connectivity index (χ1n) is 10.2. The van der Waals surface area contributed by atoms with Gasteiger partial charge >= 0.3 is 0 Å². The SMILES string of the molecule is COc1ccc(-c2cccc3nc(Cc4ccc(N5CCOCC5)cc4)nn23)cc1. The number of ether oxygens (including phenoxy) is 2. The van der Waals surface area contributed by atoms with Gasteiger partial charge in [-0.25, -0.2) is 9.50 Å². The number of hydrogen-bond donors (Lipinski definition) is 0. The first-order chi connectivity index (χ1) is 14.8. The van der Waals surface area contributed by atoms with Crippen molar-refractivity contribution in [1.82, 2.24) is 14.6 Å². The van der Waals surface area contributed by atoms with Crippen LogP contribution >= 0.6 is 0 Å². The van der Waals surface area contributed by atoms with Gasteiger partial charge in [-0.1, -0.05) is 18.2 Å². The van der Waals surface area contributed by atoms with Crippen molar-refractivity contribution in [3.05, 3.63) is 78.1 Å². The Hall–Kier alpha value is -3.38. The summed E-state index contributed by atoms with van der Waals surface area (Å²) in [6, 6.07) is 22.8. The third-order valence-electron chi connectivity index (χ3n) is 5.46. The largest absolute Gasteiger partial charge is 0.497 e. The fourth-order valence-corrected chi connectivity index (χ4v) is 3.83. The maximum Gasteiger partial charge on any atom is 0.156 e. The molecule has 1 aliphatic heterocycles. The van der Waals surface area contributed by atoms with E-state index in [1.165, 1.54) is 11.3 Å². The van der Waals surface area contributed by atoms with Crippen LogP contribution < -0.4 is 9.64 Å². The zero-order valence-corrected chi connectivity index (χ0v) is 17.0. The van der Waals surface area contributed by atoms with Crippen molar-refractivity contribution in [3.8, 4) is 17.0 Å². The Bertz CT molecular complexity index is 1130. The van der Waals surface area contributed by atoms with Crippen molar-refractivity contribution in [2.45, 2.75) is 6.42 Å². The highest BCUT2D eigenvalue weighted by Gasteiger charge is 2.12. The highest BCUT2D eigenvalue weighted by atomic mass is 16.5. The van der Waals surface area contributed by atoms with Gasteiger partial charge in [-0.2, -0.15) is 5.10 Å². The van der Waals surface area contributed by atoms with Crippen molar-refractivity contribution in [3.63, 3.8) is 0 Å². The Kier molecular flexibility index (Phi) is 5.07. The monoisotopic (exact) mass is 400 g/mol. The van der Waals surface area contributed by atoms with Crippen LogP contribution in [-0.4, -0.2) is 48.0 Å². The van der Waals surface area contributed by atoms with Crippen LogP contribution in [0.3, 0.4) is 0 Å². The predicted molar refractivity (Wildman–Crippen MR) is 117 cm³/mol. The third-order valence-corrected chi connectivity index (χ3v) is 5.46. The second kappa shape index (κ2) is 8.16. The molecular formula is C24H24N4O2. The topological polar surface area (TPSA) is 51.9 Å². The maximum absolute atomic E-state index is 5.44. The molecule has 4 aromatic rings. The Morgan fingerprint density at radius 2 is 1.70 bits per heavy atom. The molecule has 1 saturated heterocycles. The zero-order valence-electron chi connectivity index (χ0n) is 17.0. The van der Waals surface area contributed by atoms with E-state index >= 15 is 0 Å². The highest BCUT2D eigenvalue weighted by Crippen LogP contribution is 2.23. The van der Waals surface area contributed by atoms with Crippen LogP contribution in [0.2, 0.25) is 0 Å². The summed E-state index contributed by atoms with van der Waals surface area (Å²) >= 11 is 0. The molecule has 0 spiro atoms. The van der Waals surface area contributed by atoms with E-state index in [0.717, 1.165) is 54.8 Å². The average molecular weight is 400 g/mol. The lowest BCUT2D eigenvalue weighted by atomic mass is 10.1. The second-order valence-corrected chi connectivity index (χ2v) is 7.38. The van der Waals surface area contributed by atoms with Gasteiger partial charge in [-0.15, -0.1) is 0 Å². The standard InChI is InChI=1S/C24H24N4O2/c1-29-21-11-7-19(8-12-21)22-3-2-4-24-25-23(26-28(22)24)17-18-5-9-20(10-6-18)27-13-15-30-16-14-27/h2-12H,13-17H2,1H3. The molecule has 0 saturated carbocycles. The van der Waals surface area contributed by atoms with Crippen LogP contribution in [0.15, 0.2) is 66.7 Å². The van der Waals surface area contributed by atoms with Crippen LogP contribution in [0.5, 0.6) is 5.75 Å². The Morgan fingerprint density at radius 3 is 2.43 bits per heavy atom. The molecule has 0 radical (unpaired) electrons. The van der Waals surface area contributed by atoms with E-state index in [-0.39, 0.29) is 0 Å². The van der Waals surface area contributed by atoms with Gasteiger partial charge in [0.25, 0.3) is 0 Å². The third kappa shape index (κ3) is 3.74. The normalized spacial score (nSPS) is 14.2. The van der Waals surface area contributed by atoms with E-state index in [2.05, 4.69) is 35.2 Å². The lowest BCUT2D eigenvalue weighted by molar-refractivity contribution is 0.122. The van der Waals surface area contributed by atoms with E-state index in [0.29, 0.717) is 6.42 Å². The molecule has 30 heavy (non-hydrogen) atoms. The minimum Gasteiger partial charge on any atom is -0.497 e. The summed E-state index contributed by atoms with van der Waals surface area (Å²) in [6.45, 7) is 3.48. The minimum absolute atomic E-state index is 0.702. The van der Waals surface area contributed by atoms with E-state index < -0.39 is 0 Å². The van der Waals surface area contributed by atoms with Gasteiger partial charge in [0, 0.05) is 30.8 Å². The average Bonchev–Trinajstić information content (AvgIpc) is 3.23. The van der Waals surface area contributed by atoms with Gasteiger partial charge < -0.3 is 14.4 Å². The van der Waals surface area contributed by atoms with Crippen molar-refractivity contribution >= 4 is 11.3 Å². The first kappa shape index (κ1) is 18.6. The summed E-state index contributed by atoms with van der Waals surface area (Å²) in [4.78, 5) is 7.10. The summed E-state index contributed by atoms with van der Waals surface area (Å²) in [5.41, 5.74) is 5.38. The van der Waals surface area contributed by atoms with Gasteiger partial charge in [-0.3, -0.25) is 0 Å². The molecule has 5 rings (SSSR count). The summed E-state index contributed by atoms with van der Waals surface area (Å²) in [6.07, 6.45) is 0.702. The summed E-state index contributed by atoms with van der Waals surface area (Å²) in [7, 11) is 1.67. The van der Waals surface area contributed by atoms with E-state index in [4.69, 9.17) is 19.6 Å². The van der Waals surface area contributed by atoms with E-state index in [1.807, 2.05) is 40.9 Å². The molecule has 0 N–H and O–H groups in total. The summed E-state index contributed by atoms with van der Waals surface area (Å²) < 4.78 is 12.6. The molecule has 0 aliphatic carbocycles. The van der Waals surface area contributed by atoms with Gasteiger partial charge in [0.2, 0.25) is 0 Å². The number of rotatable bonds is 5. The fraction of sp³-hybridized carbons (Fsp3) is 0.250. The minimum atomic E-state index is 0.702. The van der Waals surface area contributed by atoms with Gasteiger partial charge in [0.05, 0.1) is 26.0 Å². The molecule has 3 heterocycles. The quantitative estimate of drug-likeness (QED) is 0.510.